The molecule has 1 aliphatic carbocycles. The van der Waals surface area contributed by atoms with Crippen molar-refractivity contribution in [1.82, 2.24) is 0 Å². The minimum Gasteiger partial charge on any atom is -0.460 e. The zero-order valence-electron chi connectivity index (χ0n) is 8.54. The van der Waals surface area contributed by atoms with Crippen molar-refractivity contribution in [1.29, 1.82) is 0 Å². The highest BCUT2D eigenvalue weighted by Gasteiger charge is 2.37. The molecule has 1 saturated carbocycles. The highest BCUT2D eigenvalue weighted by atomic mass is 16.6. The number of hydrogen-bond acceptors (Lipinski definition) is 3. The fraction of sp³-hybridized carbons (Fsp3) is 0.900. The molecule has 0 aromatic heterocycles. The Kier molecular flexibility index (Phi) is 2.96. The van der Waals surface area contributed by atoms with Crippen LogP contribution in [0.2, 0.25) is 0 Å². The SMILES string of the molecule is C[C@@H](O)C(=O)OC1CCCC1(C)C. The van der Waals surface area contributed by atoms with E-state index < -0.39 is 12.1 Å². The maximum Gasteiger partial charge on any atom is 0.334 e. The quantitative estimate of drug-likeness (QED) is 0.664. The van der Waals surface area contributed by atoms with Crippen LogP contribution in [-0.4, -0.2) is 23.3 Å². The molecule has 1 rings (SSSR count). The Bertz CT molecular complexity index is 196. The third-order valence-corrected chi connectivity index (χ3v) is 2.76. The standard InChI is InChI=1S/C10H18O3/c1-7(11)9(12)13-8-5-4-6-10(8,2)3/h7-8,11H,4-6H2,1-3H3/t7-,8?/m1/s1. The molecule has 3 nitrogen and oxygen atoms in total. The molecule has 2 atom stereocenters. The molecule has 0 bridgehead atoms. The molecule has 0 heterocycles. The predicted octanol–water partition coefficient (Wildman–Crippen LogP) is 1.49. The van der Waals surface area contributed by atoms with Gasteiger partial charge in [-0.2, -0.15) is 0 Å². The molecule has 1 unspecified atom stereocenters. The summed E-state index contributed by atoms with van der Waals surface area (Å²) in [5.41, 5.74) is 0.0740. The normalized spacial score (nSPS) is 28.5. The van der Waals surface area contributed by atoms with Gasteiger partial charge in [-0.1, -0.05) is 13.8 Å². The van der Waals surface area contributed by atoms with Gasteiger partial charge in [-0.15, -0.1) is 0 Å². The molecule has 0 radical (unpaired) electrons. The van der Waals surface area contributed by atoms with Crippen molar-refractivity contribution >= 4 is 5.97 Å². The van der Waals surface area contributed by atoms with Gasteiger partial charge in [-0.3, -0.25) is 0 Å². The Balaban J connectivity index is 2.50. The Morgan fingerprint density at radius 2 is 2.23 bits per heavy atom. The molecule has 0 aromatic rings. The van der Waals surface area contributed by atoms with Crippen LogP contribution in [0.4, 0.5) is 0 Å². The summed E-state index contributed by atoms with van der Waals surface area (Å²) in [4.78, 5) is 11.1. The number of carbonyl (C=O) groups excluding carboxylic acids is 1. The van der Waals surface area contributed by atoms with Crippen molar-refractivity contribution in [3.63, 3.8) is 0 Å². The molecule has 0 aliphatic heterocycles. The van der Waals surface area contributed by atoms with Gasteiger partial charge in [0.25, 0.3) is 0 Å². The zero-order chi connectivity index (χ0) is 10.1. The van der Waals surface area contributed by atoms with E-state index in [9.17, 15) is 4.79 Å². The van der Waals surface area contributed by atoms with Crippen LogP contribution in [-0.2, 0) is 9.53 Å². The lowest BCUT2D eigenvalue weighted by Gasteiger charge is -2.26. The van der Waals surface area contributed by atoms with Crippen molar-refractivity contribution in [2.45, 2.75) is 52.2 Å². The van der Waals surface area contributed by atoms with E-state index >= 15 is 0 Å². The van der Waals surface area contributed by atoms with E-state index in [2.05, 4.69) is 13.8 Å². The number of hydrogen-bond donors (Lipinski definition) is 1. The van der Waals surface area contributed by atoms with Gasteiger partial charge in [-0.25, -0.2) is 4.79 Å². The number of carbonyl (C=O) groups is 1. The summed E-state index contributed by atoms with van der Waals surface area (Å²) in [6, 6.07) is 0. The third kappa shape index (κ3) is 2.44. The second kappa shape index (κ2) is 3.66. The number of esters is 1. The van der Waals surface area contributed by atoms with Crippen molar-refractivity contribution < 1.29 is 14.6 Å². The van der Waals surface area contributed by atoms with Crippen LogP contribution in [0.5, 0.6) is 0 Å². The van der Waals surface area contributed by atoms with Gasteiger partial charge in [0.05, 0.1) is 0 Å². The van der Waals surface area contributed by atoms with Crippen LogP contribution in [0.1, 0.15) is 40.0 Å². The fourth-order valence-corrected chi connectivity index (χ4v) is 1.75. The summed E-state index contributed by atoms with van der Waals surface area (Å²) in [6.07, 6.45) is 2.09. The van der Waals surface area contributed by atoms with E-state index in [1.807, 2.05) is 0 Å². The minimum atomic E-state index is -1.00. The molecule has 76 valence electrons. The van der Waals surface area contributed by atoms with Gasteiger partial charge in [0.1, 0.15) is 12.2 Å². The topological polar surface area (TPSA) is 46.5 Å². The van der Waals surface area contributed by atoms with Gasteiger partial charge in [-0.05, 0) is 26.2 Å². The molecule has 3 heteroatoms. The lowest BCUT2D eigenvalue weighted by Crippen LogP contribution is -2.32. The van der Waals surface area contributed by atoms with Crippen molar-refractivity contribution in [3.05, 3.63) is 0 Å². The van der Waals surface area contributed by atoms with Crippen LogP contribution in [0, 0.1) is 5.41 Å². The zero-order valence-corrected chi connectivity index (χ0v) is 8.54. The Morgan fingerprint density at radius 3 is 2.62 bits per heavy atom. The average molecular weight is 186 g/mol. The highest BCUT2D eigenvalue weighted by Crippen LogP contribution is 2.39. The van der Waals surface area contributed by atoms with E-state index in [4.69, 9.17) is 9.84 Å². The van der Waals surface area contributed by atoms with Crippen LogP contribution in [0.3, 0.4) is 0 Å². The van der Waals surface area contributed by atoms with Gasteiger partial charge in [0, 0.05) is 5.41 Å². The summed E-state index contributed by atoms with van der Waals surface area (Å²) >= 11 is 0. The Morgan fingerprint density at radius 1 is 1.62 bits per heavy atom. The van der Waals surface area contributed by atoms with E-state index in [1.54, 1.807) is 0 Å². The van der Waals surface area contributed by atoms with E-state index in [0.29, 0.717) is 0 Å². The lowest BCUT2D eigenvalue weighted by molar-refractivity contribution is -0.162. The van der Waals surface area contributed by atoms with E-state index in [-0.39, 0.29) is 11.5 Å². The summed E-state index contributed by atoms with van der Waals surface area (Å²) in [6.45, 7) is 5.63. The first kappa shape index (κ1) is 10.5. The van der Waals surface area contributed by atoms with Gasteiger partial charge in [0.15, 0.2) is 0 Å². The first-order chi connectivity index (χ1) is 5.93. The number of ether oxygens (including phenoxy) is 1. The van der Waals surface area contributed by atoms with E-state index in [1.165, 1.54) is 6.92 Å². The Labute approximate surface area is 79.1 Å². The van der Waals surface area contributed by atoms with Crippen LogP contribution in [0.25, 0.3) is 0 Å². The van der Waals surface area contributed by atoms with Crippen LogP contribution in [0.15, 0.2) is 0 Å². The molecule has 0 saturated heterocycles. The maximum atomic E-state index is 11.1. The minimum absolute atomic E-state index is 0.0189. The van der Waals surface area contributed by atoms with Gasteiger partial charge < -0.3 is 9.84 Å². The van der Waals surface area contributed by atoms with Crippen molar-refractivity contribution in [2.75, 3.05) is 0 Å². The molecular formula is C10H18O3. The van der Waals surface area contributed by atoms with Gasteiger partial charge >= 0.3 is 5.97 Å². The second-order valence-electron chi connectivity index (χ2n) is 4.48. The predicted molar refractivity (Wildman–Crippen MR) is 49.2 cm³/mol. The van der Waals surface area contributed by atoms with Crippen LogP contribution < -0.4 is 0 Å². The van der Waals surface area contributed by atoms with Crippen molar-refractivity contribution in [3.8, 4) is 0 Å². The average Bonchev–Trinajstić information content (AvgIpc) is 2.30. The lowest BCUT2D eigenvalue weighted by atomic mass is 9.89. The summed E-state index contributed by atoms with van der Waals surface area (Å²) in [7, 11) is 0. The summed E-state index contributed by atoms with van der Waals surface area (Å²) < 4.78 is 5.20. The summed E-state index contributed by atoms with van der Waals surface area (Å²) in [5, 5.41) is 8.98. The molecular weight excluding hydrogens is 168 g/mol. The largest absolute Gasteiger partial charge is 0.460 e. The third-order valence-electron chi connectivity index (χ3n) is 2.76. The molecule has 1 fully saturated rings. The van der Waals surface area contributed by atoms with E-state index in [0.717, 1.165) is 19.3 Å². The summed E-state index contributed by atoms with van der Waals surface area (Å²) in [5.74, 6) is -0.500. The number of aliphatic hydroxyl groups excluding tert-OH is 1. The maximum absolute atomic E-state index is 11.1. The number of aliphatic hydroxyl groups is 1. The molecule has 13 heavy (non-hydrogen) atoms. The van der Waals surface area contributed by atoms with Gasteiger partial charge in [0.2, 0.25) is 0 Å². The molecule has 0 spiro atoms. The second-order valence-corrected chi connectivity index (χ2v) is 4.48. The number of rotatable bonds is 2. The monoisotopic (exact) mass is 186 g/mol. The molecule has 0 aromatic carbocycles. The first-order valence-corrected chi connectivity index (χ1v) is 4.82. The fourth-order valence-electron chi connectivity index (χ4n) is 1.75. The molecule has 0 amide bonds. The van der Waals surface area contributed by atoms with Crippen LogP contribution >= 0.6 is 0 Å². The highest BCUT2D eigenvalue weighted by molar-refractivity contribution is 5.74. The smallest absolute Gasteiger partial charge is 0.334 e. The van der Waals surface area contributed by atoms with Crippen molar-refractivity contribution in [2.24, 2.45) is 5.41 Å². The Hall–Kier alpha value is -0.570. The molecule has 1 N–H and O–H groups in total. The first-order valence-electron chi connectivity index (χ1n) is 4.82. The molecule has 1 aliphatic rings.